The molecule has 5 nitrogen and oxygen atoms in total. The van der Waals surface area contributed by atoms with Crippen LogP contribution in [0.3, 0.4) is 0 Å². The topological polar surface area (TPSA) is 80.4 Å². The highest BCUT2D eigenvalue weighted by Gasteiger charge is 2.44. The molecule has 1 fully saturated rings. The summed E-state index contributed by atoms with van der Waals surface area (Å²) in [7, 11) is 0. The van der Waals surface area contributed by atoms with Gasteiger partial charge in [-0.3, -0.25) is 14.9 Å². The second-order valence-corrected chi connectivity index (χ2v) is 6.66. The van der Waals surface area contributed by atoms with Gasteiger partial charge in [0, 0.05) is 16.3 Å². The van der Waals surface area contributed by atoms with E-state index in [0.717, 1.165) is 12.8 Å². The average molecular weight is 346 g/mol. The molecule has 0 aliphatic heterocycles. The number of carboxylic acids is 1. The number of aliphatic carboxylic acids is 1. The van der Waals surface area contributed by atoms with Crippen molar-refractivity contribution in [3.63, 3.8) is 0 Å². The lowest BCUT2D eigenvalue weighted by Crippen LogP contribution is -2.11. The van der Waals surface area contributed by atoms with Gasteiger partial charge in [-0.15, -0.1) is 11.8 Å². The molecule has 0 radical (unpaired) electrons. The SMILES string of the molecule is O=C(O)CC1(CSc2ccc(Br)cc2[N+](=O)[O-])CC1. The molecular formula is C12H12BrNO4S. The molecule has 1 aliphatic carbocycles. The zero-order chi connectivity index (χ0) is 14.0. The van der Waals surface area contributed by atoms with Crippen LogP contribution in [0.1, 0.15) is 19.3 Å². The Hall–Kier alpha value is -1.08. The molecule has 1 aromatic rings. The Labute approximate surface area is 122 Å². The summed E-state index contributed by atoms with van der Waals surface area (Å²) < 4.78 is 0.662. The number of hydrogen-bond donors (Lipinski definition) is 1. The molecule has 0 saturated heterocycles. The fourth-order valence-electron chi connectivity index (χ4n) is 1.86. The predicted molar refractivity (Wildman–Crippen MR) is 75.4 cm³/mol. The van der Waals surface area contributed by atoms with Crippen molar-refractivity contribution in [2.45, 2.75) is 24.2 Å². The van der Waals surface area contributed by atoms with Crippen LogP contribution in [-0.4, -0.2) is 21.8 Å². The lowest BCUT2D eigenvalue weighted by Gasteiger charge is -2.11. The van der Waals surface area contributed by atoms with Gasteiger partial charge in [0.1, 0.15) is 0 Å². The highest BCUT2D eigenvalue weighted by Crippen LogP contribution is 2.52. The number of benzene rings is 1. The third-order valence-electron chi connectivity index (χ3n) is 3.13. The van der Waals surface area contributed by atoms with Gasteiger partial charge in [0.15, 0.2) is 0 Å². The zero-order valence-corrected chi connectivity index (χ0v) is 12.4. The standard InChI is InChI=1S/C12H12BrNO4S/c13-8-1-2-10(9(5-8)14(17)18)19-7-12(3-4-12)6-11(15)16/h1-2,5H,3-4,6-7H2,(H,15,16). The van der Waals surface area contributed by atoms with E-state index in [1.165, 1.54) is 17.8 Å². The third-order valence-corrected chi connectivity index (χ3v) is 5.04. The van der Waals surface area contributed by atoms with E-state index in [9.17, 15) is 14.9 Å². The van der Waals surface area contributed by atoms with E-state index in [4.69, 9.17) is 5.11 Å². The summed E-state index contributed by atoms with van der Waals surface area (Å²) in [6.45, 7) is 0. The van der Waals surface area contributed by atoms with Crippen LogP contribution in [0.5, 0.6) is 0 Å². The monoisotopic (exact) mass is 345 g/mol. The molecule has 2 rings (SSSR count). The molecule has 0 unspecified atom stereocenters. The van der Waals surface area contributed by atoms with E-state index in [1.807, 2.05) is 0 Å². The maximum atomic E-state index is 11.0. The van der Waals surface area contributed by atoms with Crippen molar-refractivity contribution >= 4 is 39.3 Å². The van der Waals surface area contributed by atoms with Crippen LogP contribution >= 0.6 is 27.7 Å². The quantitative estimate of drug-likeness (QED) is 0.483. The van der Waals surface area contributed by atoms with Gasteiger partial charge in [0.05, 0.1) is 16.2 Å². The molecule has 0 aromatic heterocycles. The second kappa shape index (κ2) is 5.50. The molecule has 19 heavy (non-hydrogen) atoms. The van der Waals surface area contributed by atoms with Crippen LogP contribution in [0.15, 0.2) is 27.6 Å². The van der Waals surface area contributed by atoms with E-state index in [-0.39, 0.29) is 17.5 Å². The van der Waals surface area contributed by atoms with Crippen molar-refractivity contribution in [2.75, 3.05) is 5.75 Å². The summed E-state index contributed by atoms with van der Waals surface area (Å²) in [5, 5.41) is 19.8. The number of carbonyl (C=O) groups is 1. The first-order valence-electron chi connectivity index (χ1n) is 5.70. The number of nitro benzene ring substituents is 1. The molecule has 1 saturated carbocycles. The molecule has 102 valence electrons. The number of nitro groups is 1. The van der Waals surface area contributed by atoms with Crippen LogP contribution in [0.2, 0.25) is 0 Å². The fourth-order valence-corrected chi connectivity index (χ4v) is 3.50. The Morgan fingerprint density at radius 3 is 2.74 bits per heavy atom. The van der Waals surface area contributed by atoms with Gasteiger partial charge in [-0.05, 0) is 30.4 Å². The molecule has 0 atom stereocenters. The van der Waals surface area contributed by atoms with Crippen molar-refractivity contribution in [3.05, 3.63) is 32.8 Å². The Morgan fingerprint density at radius 2 is 2.21 bits per heavy atom. The lowest BCUT2D eigenvalue weighted by molar-refractivity contribution is -0.387. The number of rotatable bonds is 6. The predicted octanol–water partition coefficient (Wildman–Crippen LogP) is 3.70. The lowest BCUT2D eigenvalue weighted by atomic mass is 10.1. The first kappa shape index (κ1) is 14.3. The number of hydrogen-bond acceptors (Lipinski definition) is 4. The molecule has 1 aliphatic rings. The maximum absolute atomic E-state index is 11.0. The number of carboxylic acid groups (broad SMARTS) is 1. The Balaban J connectivity index is 2.08. The van der Waals surface area contributed by atoms with Crippen LogP contribution in [-0.2, 0) is 4.79 Å². The Kier molecular flexibility index (Phi) is 4.15. The average Bonchev–Trinajstić information content (AvgIpc) is 3.06. The Bertz CT molecular complexity index is 530. The molecule has 0 spiro atoms. The van der Waals surface area contributed by atoms with E-state index < -0.39 is 10.9 Å². The van der Waals surface area contributed by atoms with Gasteiger partial charge in [-0.25, -0.2) is 0 Å². The molecule has 1 N–H and O–H groups in total. The first-order chi connectivity index (χ1) is 8.92. The maximum Gasteiger partial charge on any atom is 0.303 e. The molecule has 0 heterocycles. The van der Waals surface area contributed by atoms with Crippen molar-refractivity contribution in [1.82, 2.24) is 0 Å². The van der Waals surface area contributed by atoms with Crippen molar-refractivity contribution in [1.29, 1.82) is 0 Å². The molecule has 7 heteroatoms. The van der Waals surface area contributed by atoms with Crippen LogP contribution in [0.4, 0.5) is 5.69 Å². The van der Waals surface area contributed by atoms with Gasteiger partial charge in [0.2, 0.25) is 0 Å². The van der Waals surface area contributed by atoms with Gasteiger partial charge in [-0.1, -0.05) is 15.9 Å². The van der Waals surface area contributed by atoms with Crippen molar-refractivity contribution in [3.8, 4) is 0 Å². The van der Waals surface area contributed by atoms with Crippen LogP contribution < -0.4 is 0 Å². The number of halogens is 1. The summed E-state index contributed by atoms with van der Waals surface area (Å²) in [6, 6.07) is 4.93. The zero-order valence-electron chi connectivity index (χ0n) is 9.97. The molecular weight excluding hydrogens is 334 g/mol. The minimum absolute atomic E-state index is 0.0606. The summed E-state index contributed by atoms with van der Waals surface area (Å²) >= 11 is 4.58. The molecule has 0 amide bonds. The van der Waals surface area contributed by atoms with Gasteiger partial charge in [-0.2, -0.15) is 0 Å². The van der Waals surface area contributed by atoms with Crippen LogP contribution in [0.25, 0.3) is 0 Å². The highest BCUT2D eigenvalue weighted by molar-refractivity contribution is 9.10. The summed E-state index contributed by atoms with van der Waals surface area (Å²) in [5.74, 6) is -0.190. The minimum Gasteiger partial charge on any atom is -0.481 e. The molecule has 1 aromatic carbocycles. The van der Waals surface area contributed by atoms with E-state index >= 15 is 0 Å². The van der Waals surface area contributed by atoms with Gasteiger partial charge >= 0.3 is 5.97 Å². The first-order valence-corrected chi connectivity index (χ1v) is 7.48. The van der Waals surface area contributed by atoms with E-state index in [2.05, 4.69) is 15.9 Å². The van der Waals surface area contributed by atoms with Gasteiger partial charge in [0.25, 0.3) is 5.69 Å². The van der Waals surface area contributed by atoms with Crippen molar-refractivity contribution in [2.24, 2.45) is 5.41 Å². The smallest absolute Gasteiger partial charge is 0.303 e. The highest BCUT2D eigenvalue weighted by atomic mass is 79.9. The second-order valence-electron chi connectivity index (χ2n) is 4.73. The normalized spacial score (nSPS) is 16.1. The van der Waals surface area contributed by atoms with E-state index in [1.54, 1.807) is 12.1 Å². The number of thioether (sulfide) groups is 1. The number of nitrogens with zero attached hydrogens (tertiary/aromatic N) is 1. The Morgan fingerprint density at radius 1 is 1.53 bits per heavy atom. The largest absolute Gasteiger partial charge is 0.481 e. The van der Waals surface area contributed by atoms with Crippen molar-refractivity contribution < 1.29 is 14.8 Å². The third kappa shape index (κ3) is 3.70. The van der Waals surface area contributed by atoms with Gasteiger partial charge < -0.3 is 5.11 Å². The summed E-state index contributed by atoms with van der Waals surface area (Å²) in [5.41, 5.74) is -0.109. The summed E-state index contributed by atoms with van der Waals surface area (Å²) in [6.07, 6.45) is 1.91. The minimum atomic E-state index is -0.802. The fraction of sp³-hybridized carbons (Fsp3) is 0.417. The molecule has 0 bridgehead atoms. The van der Waals surface area contributed by atoms with E-state index in [0.29, 0.717) is 15.1 Å². The van der Waals surface area contributed by atoms with Crippen LogP contribution in [0, 0.1) is 15.5 Å². The summed E-state index contributed by atoms with van der Waals surface area (Å²) in [4.78, 5) is 21.9.